The lowest BCUT2D eigenvalue weighted by atomic mass is 10.1. The zero-order valence-corrected chi connectivity index (χ0v) is 13.5. The number of aromatic nitrogens is 1. The van der Waals surface area contributed by atoms with Crippen LogP contribution in [0, 0.1) is 5.92 Å². The van der Waals surface area contributed by atoms with Crippen LogP contribution in [0.3, 0.4) is 0 Å². The van der Waals surface area contributed by atoms with Crippen LogP contribution in [0.2, 0.25) is 0 Å². The lowest BCUT2D eigenvalue weighted by Gasteiger charge is -2.08. The third-order valence-corrected chi connectivity index (χ3v) is 3.06. The number of aromatic amines is 1. The molecule has 0 atom stereocenters. The summed E-state index contributed by atoms with van der Waals surface area (Å²) in [5.41, 5.74) is 4.77. The van der Waals surface area contributed by atoms with E-state index in [9.17, 15) is 14.4 Å². The van der Waals surface area contributed by atoms with E-state index in [-0.39, 0.29) is 12.5 Å². The number of carbonyl (C=O) groups is 3. The molecule has 0 spiro atoms. The summed E-state index contributed by atoms with van der Waals surface area (Å²) in [7, 11) is 0. The first-order valence-corrected chi connectivity index (χ1v) is 7.37. The quantitative estimate of drug-likeness (QED) is 0.572. The van der Waals surface area contributed by atoms with Gasteiger partial charge in [-0.3, -0.25) is 25.2 Å². The molecule has 8 heteroatoms. The van der Waals surface area contributed by atoms with Gasteiger partial charge in [0.2, 0.25) is 5.91 Å². The lowest BCUT2D eigenvalue weighted by molar-refractivity contribution is -0.126. The molecule has 7 nitrogen and oxygen atoms in total. The summed E-state index contributed by atoms with van der Waals surface area (Å²) in [6.07, 6.45) is 2.76. The van der Waals surface area contributed by atoms with Crippen LogP contribution in [0.4, 0.5) is 0 Å². The maximum absolute atomic E-state index is 11.6. The molecule has 1 heterocycles. The average Bonchev–Trinajstić information content (AvgIpc) is 2.86. The van der Waals surface area contributed by atoms with E-state index in [4.69, 9.17) is 0 Å². The molecule has 3 amide bonds. The van der Waals surface area contributed by atoms with E-state index in [1.165, 1.54) is 0 Å². The van der Waals surface area contributed by atoms with E-state index < -0.39 is 11.8 Å². The lowest BCUT2D eigenvalue weighted by Crippen LogP contribution is -2.46. The monoisotopic (exact) mass is 358 g/mol. The van der Waals surface area contributed by atoms with Crippen molar-refractivity contribution >= 4 is 33.7 Å². The Hall–Kier alpha value is -1.83. The molecule has 0 unspecified atom stereocenters. The summed E-state index contributed by atoms with van der Waals surface area (Å²) in [6.45, 7) is 3.87. The Bertz CT molecular complexity index is 513. The summed E-state index contributed by atoms with van der Waals surface area (Å²) in [5.74, 6) is -0.713. The number of hydrogen-bond acceptors (Lipinski definition) is 3. The Morgan fingerprint density at radius 2 is 1.95 bits per heavy atom. The van der Waals surface area contributed by atoms with Gasteiger partial charge in [-0.25, -0.2) is 0 Å². The van der Waals surface area contributed by atoms with Crippen molar-refractivity contribution in [2.45, 2.75) is 26.7 Å². The van der Waals surface area contributed by atoms with E-state index in [1.54, 1.807) is 12.3 Å². The van der Waals surface area contributed by atoms with Crippen LogP contribution in [-0.2, 0) is 9.59 Å². The first kappa shape index (κ1) is 17.2. The zero-order valence-electron chi connectivity index (χ0n) is 12.0. The molecule has 21 heavy (non-hydrogen) atoms. The number of hydrazine groups is 1. The number of amides is 3. The van der Waals surface area contributed by atoms with Crippen LogP contribution < -0.4 is 16.2 Å². The van der Waals surface area contributed by atoms with Gasteiger partial charge >= 0.3 is 0 Å². The molecule has 0 aliphatic rings. The molecule has 1 rings (SSSR count). The molecule has 0 fully saturated rings. The number of H-pyrrole nitrogens is 1. The molecule has 0 saturated heterocycles. The minimum absolute atomic E-state index is 0.175. The SMILES string of the molecule is CC(C)CCC(=O)NCC(=O)NNC(=O)c1cc(Br)c[nH]1. The molecule has 0 saturated carbocycles. The zero-order chi connectivity index (χ0) is 15.8. The van der Waals surface area contributed by atoms with Gasteiger partial charge in [-0.05, 0) is 34.3 Å². The van der Waals surface area contributed by atoms with Crippen molar-refractivity contribution in [2.24, 2.45) is 5.92 Å². The van der Waals surface area contributed by atoms with Gasteiger partial charge in [0, 0.05) is 17.1 Å². The van der Waals surface area contributed by atoms with Crippen LogP contribution in [-0.4, -0.2) is 29.3 Å². The van der Waals surface area contributed by atoms with Gasteiger partial charge in [-0.1, -0.05) is 13.8 Å². The minimum atomic E-state index is -0.494. The van der Waals surface area contributed by atoms with E-state index in [0.717, 1.165) is 10.9 Å². The molecule has 0 radical (unpaired) electrons. The predicted octanol–water partition coefficient (Wildman–Crippen LogP) is 1.09. The topological polar surface area (TPSA) is 103 Å². The van der Waals surface area contributed by atoms with E-state index in [0.29, 0.717) is 18.0 Å². The second-order valence-corrected chi connectivity index (χ2v) is 5.86. The van der Waals surface area contributed by atoms with Crippen molar-refractivity contribution in [3.05, 3.63) is 22.4 Å². The maximum Gasteiger partial charge on any atom is 0.286 e. The Balaban J connectivity index is 2.22. The molecule has 0 aliphatic carbocycles. The predicted molar refractivity (Wildman–Crippen MR) is 81.2 cm³/mol. The highest BCUT2D eigenvalue weighted by Crippen LogP contribution is 2.09. The first-order valence-electron chi connectivity index (χ1n) is 6.58. The van der Waals surface area contributed by atoms with Gasteiger partial charge in [-0.15, -0.1) is 0 Å². The van der Waals surface area contributed by atoms with Crippen molar-refractivity contribution in [3.8, 4) is 0 Å². The second kappa shape index (κ2) is 8.46. The van der Waals surface area contributed by atoms with Gasteiger partial charge in [0.1, 0.15) is 5.69 Å². The fourth-order valence-corrected chi connectivity index (χ4v) is 1.77. The first-order chi connectivity index (χ1) is 9.88. The number of carbonyl (C=O) groups excluding carboxylic acids is 3. The van der Waals surface area contributed by atoms with Crippen molar-refractivity contribution in [3.63, 3.8) is 0 Å². The van der Waals surface area contributed by atoms with Crippen LogP contribution in [0.1, 0.15) is 37.2 Å². The highest BCUT2D eigenvalue weighted by molar-refractivity contribution is 9.10. The van der Waals surface area contributed by atoms with Gasteiger partial charge in [0.25, 0.3) is 11.8 Å². The van der Waals surface area contributed by atoms with E-state index in [2.05, 4.69) is 37.1 Å². The summed E-state index contributed by atoms with van der Waals surface area (Å²) >= 11 is 3.20. The van der Waals surface area contributed by atoms with E-state index in [1.807, 2.05) is 13.8 Å². The summed E-state index contributed by atoms with van der Waals surface area (Å²) in [6, 6.07) is 1.58. The third kappa shape index (κ3) is 6.94. The van der Waals surface area contributed by atoms with Crippen molar-refractivity contribution in [2.75, 3.05) is 6.54 Å². The van der Waals surface area contributed by atoms with Crippen LogP contribution in [0.15, 0.2) is 16.7 Å². The average molecular weight is 359 g/mol. The Morgan fingerprint density at radius 3 is 2.52 bits per heavy atom. The number of nitrogens with one attached hydrogen (secondary N) is 4. The van der Waals surface area contributed by atoms with Crippen molar-refractivity contribution in [1.29, 1.82) is 0 Å². The van der Waals surface area contributed by atoms with Gasteiger partial charge < -0.3 is 10.3 Å². The summed E-state index contributed by atoms with van der Waals surface area (Å²) in [4.78, 5) is 37.2. The molecule has 1 aromatic heterocycles. The molecular formula is C13H19BrN4O3. The van der Waals surface area contributed by atoms with Crippen LogP contribution in [0.25, 0.3) is 0 Å². The highest BCUT2D eigenvalue weighted by atomic mass is 79.9. The van der Waals surface area contributed by atoms with Gasteiger partial charge in [0.05, 0.1) is 6.54 Å². The summed E-state index contributed by atoms with van der Waals surface area (Å²) < 4.78 is 0.733. The fraction of sp³-hybridized carbons (Fsp3) is 0.462. The molecule has 116 valence electrons. The highest BCUT2D eigenvalue weighted by Gasteiger charge is 2.10. The molecule has 4 N–H and O–H groups in total. The van der Waals surface area contributed by atoms with Gasteiger partial charge in [-0.2, -0.15) is 0 Å². The largest absolute Gasteiger partial charge is 0.356 e. The molecule has 1 aromatic rings. The molecule has 0 aromatic carbocycles. The minimum Gasteiger partial charge on any atom is -0.356 e. The normalized spacial score (nSPS) is 10.3. The Morgan fingerprint density at radius 1 is 1.24 bits per heavy atom. The fourth-order valence-electron chi connectivity index (χ4n) is 1.42. The molecule has 0 bridgehead atoms. The van der Waals surface area contributed by atoms with Crippen molar-refractivity contribution < 1.29 is 14.4 Å². The van der Waals surface area contributed by atoms with Gasteiger partial charge in [0.15, 0.2) is 0 Å². The number of rotatable bonds is 6. The maximum atomic E-state index is 11.6. The molecule has 0 aliphatic heterocycles. The molecular weight excluding hydrogens is 340 g/mol. The van der Waals surface area contributed by atoms with E-state index >= 15 is 0 Å². The number of hydrogen-bond donors (Lipinski definition) is 4. The Kier molecular flexibility index (Phi) is 6.93. The third-order valence-electron chi connectivity index (χ3n) is 2.60. The smallest absolute Gasteiger partial charge is 0.286 e. The summed E-state index contributed by atoms with van der Waals surface area (Å²) in [5, 5.41) is 2.49. The van der Waals surface area contributed by atoms with Crippen LogP contribution >= 0.6 is 15.9 Å². The Labute approximate surface area is 131 Å². The second-order valence-electron chi connectivity index (χ2n) is 4.94. The van der Waals surface area contributed by atoms with Crippen LogP contribution in [0.5, 0.6) is 0 Å². The standard InChI is InChI=1S/C13H19BrN4O3/c1-8(2)3-4-11(19)16-7-12(20)17-18-13(21)10-5-9(14)6-15-10/h5-6,8,15H,3-4,7H2,1-2H3,(H,16,19)(H,17,20)(H,18,21). The number of halogens is 1. The van der Waals surface area contributed by atoms with Crippen molar-refractivity contribution in [1.82, 2.24) is 21.2 Å².